The molecule has 2 amide bonds. The number of benzene rings is 2. The third kappa shape index (κ3) is 5.10. The largest absolute Gasteiger partial charge is 0.335 e. The predicted molar refractivity (Wildman–Crippen MR) is 111 cm³/mol. The summed E-state index contributed by atoms with van der Waals surface area (Å²) >= 11 is 6.03. The minimum absolute atomic E-state index is 0.0299. The van der Waals surface area contributed by atoms with E-state index in [-0.39, 0.29) is 17.9 Å². The number of rotatable bonds is 6. The second-order valence-electron chi connectivity index (χ2n) is 7.55. The van der Waals surface area contributed by atoms with Crippen LogP contribution in [0.25, 0.3) is 0 Å². The van der Waals surface area contributed by atoms with Crippen molar-refractivity contribution < 1.29 is 9.59 Å². The lowest BCUT2D eigenvalue weighted by molar-refractivity contribution is -0.148. The molecule has 0 unspecified atom stereocenters. The highest BCUT2D eigenvalue weighted by Crippen LogP contribution is 2.27. The Kier molecular flexibility index (Phi) is 6.66. The second-order valence-corrected chi connectivity index (χ2v) is 7.99. The molecule has 0 aromatic heterocycles. The molecule has 0 bridgehead atoms. The van der Waals surface area contributed by atoms with Crippen LogP contribution in [0.5, 0.6) is 0 Å². The van der Waals surface area contributed by atoms with Crippen LogP contribution in [0.4, 0.5) is 5.69 Å². The second kappa shape index (κ2) is 8.57. The van der Waals surface area contributed by atoms with E-state index in [0.717, 1.165) is 11.1 Å². The van der Waals surface area contributed by atoms with Gasteiger partial charge in [-0.3, -0.25) is 9.59 Å². The maximum atomic E-state index is 13.2. The van der Waals surface area contributed by atoms with Gasteiger partial charge in [0.15, 0.2) is 0 Å². The maximum absolute atomic E-state index is 13.2. The first-order valence-electron chi connectivity index (χ1n) is 9.05. The van der Waals surface area contributed by atoms with E-state index in [1.165, 1.54) is 0 Å². The van der Waals surface area contributed by atoms with Crippen molar-refractivity contribution in [2.45, 2.75) is 47.2 Å². The average molecular weight is 387 g/mol. The molecular formula is C22H27ClN2O2. The number of anilines is 1. The first-order valence-corrected chi connectivity index (χ1v) is 9.43. The summed E-state index contributed by atoms with van der Waals surface area (Å²) in [4.78, 5) is 27.9. The van der Waals surface area contributed by atoms with Crippen molar-refractivity contribution in [2.24, 2.45) is 5.41 Å². The van der Waals surface area contributed by atoms with Crippen molar-refractivity contribution >= 4 is 29.1 Å². The molecule has 5 heteroatoms. The van der Waals surface area contributed by atoms with Crippen molar-refractivity contribution in [1.29, 1.82) is 0 Å². The molecule has 2 aromatic rings. The summed E-state index contributed by atoms with van der Waals surface area (Å²) in [5.41, 5.74) is 1.32. The van der Waals surface area contributed by atoms with Crippen molar-refractivity contribution in [3.63, 3.8) is 0 Å². The van der Waals surface area contributed by atoms with Crippen LogP contribution in [0.15, 0.2) is 48.5 Å². The summed E-state index contributed by atoms with van der Waals surface area (Å²) in [6.45, 7) is 9.57. The Hall–Kier alpha value is -2.33. The van der Waals surface area contributed by atoms with Crippen LogP contribution in [-0.4, -0.2) is 22.8 Å². The molecule has 0 atom stereocenters. The van der Waals surface area contributed by atoms with Crippen LogP contribution in [0.2, 0.25) is 5.02 Å². The Morgan fingerprint density at radius 1 is 1.11 bits per heavy atom. The number of carbonyl (C=O) groups is 2. The van der Waals surface area contributed by atoms with E-state index < -0.39 is 5.41 Å². The monoisotopic (exact) mass is 386 g/mol. The lowest BCUT2D eigenvalue weighted by atomic mass is 9.89. The van der Waals surface area contributed by atoms with Crippen molar-refractivity contribution in [3.8, 4) is 0 Å². The number of amides is 2. The fraction of sp³-hybridized carbons (Fsp3) is 0.364. The Balaban J connectivity index is 2.22. The summed E-state index contributed by atoms with van der Waals surface area (Å²) < 4.78 is 0. The Morgan fingerprint density at radius 2 is 1.74 bits per heavy atom. The molecule has 0 aliphatic heterocycles. The van der Waals surface area contributed by atoms with E-state index in [1.54, 1.807) is 30.9 Å². The van der Waals surface area contributed by atoms with E-state index in [0.29, 0.717) is 17.3 Å². The number of hydrogen-bond acceptors (Lipinski definition) is 2. The van der Waals surface area contributed by atoms with Gasteiger partial charge in [0.1, 0.15) is 5.41 Å². The maximum Gasteiger partial charge on any atom is 0.239 e. The van der Waals surface area contributed by atoms with E-state index in [4.69, 9.17) is 11.6 Å². The zero-order chi connectivity index (χ0) is 20.2. The number of aryl methyl sites for hydroxylation is 1. The van der Waals surface area contributed by atoms with Crippen molar-refractivity contribution in [3.05, 3.63) is 64.7 Å². The van der Waals surface area contributed by atoms with E-state index in [9.17, 15) is 9.59 Å². The van der Waals surface area contributed by atoms with Crippen molar-refractivity contribution in [2.75, 3.05) is 5.32 Å². The molecule has 0 aliphatic rings. The minimum Gasteiger partial charge on any atom is -0.335 e. The molecule has 1 N–H and O–H groups in total. The first-order chi connectivity index (χ1) is 12.6. The van der Waals surface area contributed by atoms with E-state index >= 15 is 0 Å². The van der Waals surface area contributed by atoms with Crippen LogP contribution in [0.1, 0.15) is 38.8 Å². The zero-order valence-electron chi connectivity index (χ0n) is 16.5. The standard InChI is InChI=1S/C22H27ClN2O2/c1-15(2)25(14-17-9-7-6-8-10-17)21(27)22(4,5)20(26)24-19-13-18(23)12-11-16(19)3/h6-13,15H,14H2,1-5H3,(H,24,26). The Bertz CT molecular complexity index is 816. The lowest BCUT2D eigenvalue weighted by Gasteiger charge is -2.34. The van der Waals surface area contributed by atoms with E-state index in [2.05, 4.69) is 5.32 Å². The van der Waals surface area contributed by atoms with Gasteiger partial charge in [-0.2, -0.15) is 0 Å². The number of nitrogens with one attached hydrogen (secondary N) is 1. The van der Waals surface area contributed by atoms with Gasteiger partial charge in [-0.15, -0.1) is 0 Å². The van der Waals surface area contributed by atoms with Gasteiger partial charge >= 0.3 is 0 Å². The Morgan fingerprint density at radius 3 is 2.33 bits per heavy atom. The average Bonchev–Trinajstić information content (AvgIpc) is 2.62. The molecule has 0 spiro atoms. The third-order valence-electron chi connectivity index (χ3n) is 4.63. The molecule has 0 aliphatic carbocycles. The predicted octanol–water partition coefficient (Wildman–Crippen LogP) is 5.05. The quantitative estimate of drug-likeness (QED) is 0.706. The number of carbonyl (C=O) groups excluding carboxylic acids is 2. The molecule has 0 fully saturated rings. The van der Waals surface area contributed by atoms with Crippen molar-refractivity contribution in [1.82, 2.24) is 4.90 Å². The molecule has 0 saturated carbocycles. The zero-order valence-corrected chi connectivity index (χ0v) is 17.3. The number of halogens is 1. The molecule has 0 saturated heterocycles. The molecule has 2 aromatic carbocycles. The van der Waals surface area contributed by atoms with Gasteiger partial charge in [0.05, 0.1) is 0 Å². The highest BCUT2D eigenvalue weighted by atomic mass is 35.5. The fourth-order valence-electron chi connectivity index (χ4n) is 2.73. The van der Waals surface area contributed by atoms with Gasteiger partial charge < -0.3 is 10.2 Å². The third-order valence-corrected chi connectivity index (χ3v) is 4.87. The van der Waals surface area contributed by atoms with Crippen LogP contribution < -0.4 is 5.32 Å². The van der Waals surface area contributed by atoms with E-state index in [1.807, 2.05) is 57.2 Å². The number of nitrogens with zero attached hydrogens (tertiary/aromatic N) is 1. The molecule has 0 radical (unpaired) electrons. The highest BCUT2D eigenvalue weighted by Gasteiger charge is 2.40. The highest BCUT2D eigenvalue weighted by molar-refractivity contribution is 6.31. The molecule has 0 heterocycles. The smallest absolute Gasteiger partial charge is 0.239 e. The topological polar surface area (TPSA) is 49.4 Å². The summed E-state index contributed by atoms with van der Waals surface area (Å²) in [7, 11) is 0. The van der Waals surface area contributed by atoms with Gasteiger partial charge in [-0.05, 0) is 57.9 Å². The fourth-order valence-corrected chi connectivity index (χ4v) is 2.90. The summed E-state index contributed by atoms with van der Waals surface area (Å²) in [5.74, 6) is -0.560. The van der Waals surface area contributed by atoms with Gasteiger partial charge in [-0.25, -0.2) is 0 Å². The SMILES string of the molecule is Cc1ccc(Cl)cc1NC(=O)C(C)(C)C(=O)N(Cc1ccccc1)C(C)C. The molecule has 27 heavy (non-hydrogen) atoms. The first kappa shape index (κ1) is 21.0. The normalized spacial score (nSPS) is 11.4. The van der Waals surface area contributed by atoms with Gasteiger partial charge in [0.25, 0.3) is 0 Å². The van der Waals surface area contributed by atoms with Crippen LogP contribution >= 0.6 is 11.6 Å². The van der Waals surface area contributed by atoms with Crippen LogP contribution in [0, 0.1) is 12.3 Å². The molecule has 144 valence electrons. The van der Waals surface area contributed by atoms with Gasteiger partial charge in [-0.1, -0.05) is 48.0 Å². The molecule has 2 rings (SSSR count). The molecule has 4 nitrogen and oxygen atoms in total. The van der Waals surface area contributed by atoms with Crippen LogP contribution in [-0.2, 0) is 16.1 Å². The summed E-state index contributed by atoms with van der Waals surface area (Å²) in [6.07, 6.45) is 0. The number of hydrogen-bond donors (Lipinski definition) is 1. The van der Waals surface area contributed by atoms with Gasteiger partial charge in [0.2, 0.25) is 11.8 Å². The minimum atomic E-state index is -1.21. The summed E-state index contributed by atoms with van der Waals surface area (Å²) in [6, 6.07) is 15.0. The van der Waals surface area contributed by atoms with Gasteiger partial charge in [0, 0.05) is 23.3 Å². The molecular weight excluding hydrogens is 360 g/mol. The summed E-state index contributed by atoms with van der Waals surface area (Å²) in [5, 5.41) is 3.39. The van der Waals surface area contributed by atoms with Crippen LogP contribution in [0.3, 0.4) is 0 Å². The Labute approximate surface area is 166 Å². The lowest BCUT2D eigenvalue weighted by Crippen LogP contribution is -2.49.